The molecule has 0 amide bonds. The molecule has 0 aliphatic heterocycles. The van der Waals surface area contributed by atoms with Crippen molar-refractivity contribution in [2.45, 2.75) is 6.92 Å². The highest BCUT2D eigenvalue weighted by Gasteiger charge is 2.13. The van der Waals surface area contributed by atoms with E-state index in [0.717, 1.165) is 5.69 Å². The average molecular weight is 204 g/mol. The van der Waals surface area contributed by atoms with Gasteiger partial charge >= 0.3 is 0 Å². The van der Waals surface area contributed by atoms with Crippen LogP contribution in [0.25, 0.3) is 11.4 Å². The minimum atomic E-state index is 0.156. The molecule has 78 valence electrons. The highest BCUT2D eigenvalue weighted by Crippen LogP contribution is 2.35. The molecule has 2 aromatic rings. The van der Waals surface area contributed by atoms with Crippen LogP contribution in [0.4, 0.5) is 0 Å². The van der Waals surface area contributed by atoms with Crippen molar-refractivity contribution < 1.29 is 9.84 Å². The van der Waals surface area contributed by atoms with Gasteiger partial charge in [-0.25, -0.2) is 4.98 Å². The number of nitrogens with zero attached hydrogens (tertiary/aromatic N) is 1. The number of ether oxygens (including phenoxy) is 1. The molecule has 4 nitrogen and oxygen atoms in total. The lowest BCUT2D eigenvalue weighted by molar-refractivity contribution is 0.410. The van der Waals surface area contributed by atoms with Gasteiger partial charge in [-0.05, 0) is 19.1 Å². The van der Waals surface area contributed by atoms with Crippen molar-refractivity contribution in [3.05, 3.63) is 30.1 Å². The Labute approximate surface area is 87.6 Å². The van der Waals surface area contributed by atoms with Gasteiger partial charge < -0.3 is 14.8 Å². The Bertz CT molecular complexity index is 477. The molecule has 2 N–H and O–H groups in total. The maximum absolute atomic E-state index is 9.75. The number of methoxy groups -OCH3 is 1. The van der Waals surface area contributed by atoms with Crippen molar-refractivity contribution in [1.29, 1.82) is 0 Å². The molecule has 0 aliphatic rings. The Kier molecular flexibility index (Phi) is 2.33. The van der Waals surface area contributed by atoms with Crippen molar-refractivity contribution in [3.8, 4) is 22.9 Å². The molecule has 1 aromatic carbocycles. The van der Waals surface area contributed by atoms with Crippen LogP contribution < -0.4 is 4.74 Å². The first-order chi connectivity index (χ1) is 7.22. The molecule has 2 rings (SSSR count). The molecule has 15 heavy (non-hydrogen) atoms. The highest BCUT2D eigenvalue weighted by atomic mass is 16.5. The third-order valence-corrected chi connectivity index (χ3v) is 2.17. The highest BCUT2D eigenvalue weighted by molar-refractivity contribution is 5.71. The zero-order chi connectivity index (χ0) is 10.8. The molecule has 0 atom stereocenters. The summed E-state index contributed by atoms with van der Waals surface area (Å²) in [4.78, 5) is 7.24. The summed E-state index contributed by atoms with van der Waals surface area (Å²) in [5.74, 6) is 1.37. The first kappa shape index (κ1) is 9.58. The van der Waals surface area contributed by atoms with E-state index in [2.05, 4.69) is 9.97 Å². The molecule has 0 radical (unpaired) electrons. The van der Waals surface area contributed by atoms with Gasteiger partial charge in [0.2, 0.25) is 0 Å². The van der Waals surface area contributed by atoms with Crippen molar-refractivity contribution in [3.63, 3.8) is 0 Å². The quantitative estimate of drug-likeness (QED) is 0.787. The van der Waals surface area contributed by atoms with Gasteiger partial charge in [-0.2, -0.15) is 0 Å². The summed E-state index contributed by atoms with van der Waals surface area (Å²) in [6.45, 7) is 1.88. The number of aryl methyl sites for hydroxylation is 1. The van der Waals surface area contributed by atoms with Gasteiger partial charge in [-0.15, -0.1) is 0 Å². The third-order valence-electron chi connectivity index (χ3n) is 2.17. The number of hydrogen-bond acceptors (Lipinski definition) is 3. The van der Waals surface area contributed by atoms with E-state index in [-0.39, 0.29) is 5.75 Å². The number of benzene rings is 1. The lowest BCUT2D eigenvalue weighted by Crippen LogP contribution is -1.89. The van der Waals surface area contributed by atoms with E-state index in [4.69, 9.17) is 4.74 Å². The van der Waals surface area contributed by atoms with Crippen LogP contribution in [0.5, 0.6) is 11.5 Å². The molecule has 0 fully saturated rings. The second-order valence-electron chi connectivity index (χ2n) is 3.24. The van der Waals surface area contributed by atoms with Crippen molar-refractivity contribution in [2.75, 3.05) is 7.11 Å². The largest absolute Gasteiger partial charge is 0.507 e. The molecule has 0 spiro atoms. The molecule has 0 aliphatic carbocycles. The number of rotatable bonds is 2. The molecule has 0 unspecified atom stereocenters. The maximum atomic E-state index is 9.75. The van der Waals surface area contributed by atoms with Gasteiger partial charge in [0, 0.05) is 6.20 Å². The van der Waals surface area contributed by atoms with Gasteiger partial charge in [-0.1, -0.05) is 6.07 Å². The smallest absolute Gasteiger partial charge is 0.145 e. The van der Waals surface area contributed by atoms with Gasteiger partial charge in [0.15, 0.2) is 0 Å². The van der Waals surface area contributed by atoms with Crippen molar-refractivity contribution >= 4 is 0 Å². The van der Waals surface area contributed by atoms with E-state index in [0.29, 0.717) is 17.1 Å². The monoisotopic (exact) mass is 204 g/mol. The van der Waals surface area contributed by atoms with E-state index in [1.54, 1.807) is 31.5 Å². The molecular weight excluding hydrogens is 192 g/mol. The van der Waals surface area contributed by atoms with Crippen LogP contribution in [0.15, 0.2) is 24.4 Å². The zero-order valence-electron chi connectivity index (χ0n) is 8.61. The number of aromatic hydroxyl groups is 1. The van der Waals surface area contributed by atoms with Crippen LogP contribution in [0.1, 0.15) is 5.69 Å². The lowest BCUT2D eigenvalue weighted by atomic mass is 10.1. The first-order valence-electron chi connectivity index (χ1n) is 4.60. The summed E-state index contributed by atoms with van der Waals surface area (Å²) < 4.78 is 5.17. The minimum Gasteiger partial charge on any atom is -0.507 e. The van der Waals surface area contributed by atoms with Crippen LogP contribution in [-0.2, 0) is 0 Å². The normalized spacial score (nSPS) is 10.3. The number of hydrogen-bond donors (Lipinski definition) is 2. The Morgan fingerprint density at radius 2 is 2.20 bits per heavy atom. The third kappa shape index (κ3) is 1.66. The van der Waals surface area contributed by atoms with Crippen LogP contribution >= 0.6 is 0 Å². The number of aromatic nitrogens is 2. The number of phenolic OH excluding ortho intramolecular Hbond substituents is 1. The summed E-state index contributed by atoms with van der Waals surface area (Å²) >= 11 is 0. The van der Waals surface area contributed by atoms with Crippen molar-refractivity contribution in [1.82, 2.24) is 9.97 Å². The summed E-state index contributed by atoms with van der Waals surface area (Å²) in [5, 5.41) is 9.75. The number of nitrogens with one attached hydrogen (secondary N) is 1. The molecule has 0 bridgehead atoms. The second-order valence-corrected chi connectivity index (χ2v) is 3.24. The summed E-state index contributed by atoms with van der Waals surface area (Å²) in [7, 11) is 1.56. The van der Waals surface area contributed by atoms with Gasteiger partial charge in [0.05, 0.1) is 12.8 Å². The maximum Gasteiger partial charge on any atom is 0.145 e. The van der Waals surface area contributed by atoms with Crippen LogP contribution in [0.2, 0.25) is 0 Å². The van der Waals surface area contributed by atoms with E-state index >= 15 is 0 Å². The number of phenols is 1. The van der Waals surface area contributed by atoms with E-state index in [1.165, 1.54) is 0 Å². The summed E-state index contributed by atoms with van der Waals surface area (Å²) in [6.07, 6.45) is 1.78. The van der Waals surface area contributed by atoms with Crippen LogP contribution in [0, 0.1) is 6.92 Å². The Balaban J connectivity index is 2.60. The molecule has 4 heteroatoms. The number of H-pyrrole nitrogens is 1. The molecule has 1 aromatic heterocycles. The average Bonchev–Trinajstić information content (AvgIpc) is 2.64. The predicted octanol–water partition coefficient (Wildman–Crippen LogP) is 2.10. The van der Waals surface area contributed by atoms with Crippen LogP contribution in [0.3, 0.4) is 0 Å². The van der Waals surface area contributed by atoms with E-state index < -0.39 is 0 Å². The van der Waals surface area contributed by atoms with E-state index in [9.17, 15) is 5.11 Å². The summed E-state index contributed by atoms with van der Waals surface area (Å²) in [6, 6.07) is 5.12. The topological polar surface area (TPSA) is 58.1 Å². The van der Waals surface area contributed by atoms with Crippen molar-refractivity contribution in [2.24, 2.45) is 0 Å². The standard InChI is InChI=1S/C11H12N2O2/c1-7-6-12-11(13-7)10-8(14)4-3-5-9(10)15-2/h3-6,14H,1-2H3,(H,12,13). The SMILES string of the molecule is COc1cccc(O)c1-c1nc(C)c[nH]1. The lowest BCUT2D eigenvalue weighted by Gasteiger charge is -2.07. The molecular formula is C11H12N2O2. The fourth-order valence-corrected chi connectivity index (χ4v) is 1.47. The summed E-state index contributed by atoms with van der Waals surface area (Å²) in [5.41, 5.74) is 1.46. The zero-order valence-corrected chi connectivity index (χ0v) is 8.61. The van der Waals surface area contributed by atoms with Gasteiger partial charge in [0.25, 0.3) is 0 Å². The Morgan fingerprint density at radius 1 is 1.40 bits per heavy atom. The Morgan fingerprint density at radius 3 is 2.80 bits per heavy atom. The predicted molar refractivity (Wildman–Crippen MR) is 57.0 cm³/mol. The van der Waals surface area contributed by atoms with Gasteiger partial charge in [0.1, 0.15) is 22.9 Å². The Hall–Kier alpha value is -1.97. The number of aromatic amines is 1. The minimum absolute atomic E-state index is 0.156. The first-order valence-corrected chi connectivity index (χ1v) is 4.60. The molecule has 1 heterocycles. The molecule has 0 saturated heterocycles. The fraction of sp³-hybridized carbons (Fsp3) is 0.182. The second kappa shape index (κ2) is 3.65. The van der Waals surface area contributed by atoms with E-state index in [1.807, 2.05) is 6.92 Å². The molecule has 0 saturated carbocycles. The van der Waals surface area contributed by atoms with Crippen LogP contribution in [-0.4, -0.2) is 22.2 Å². The van der Waals surface area contributed by atoms with Gasteiger partial charge in [-0.3, -0.25) is 0 Å². The fourth-order valence-electron chi connectivity index (χ4n) is 1.47. The number of imidazole rings is 1.